The molecule has 0 spiro atoms. The van der Waals surface area contributed by atoms with E-state index in [0.717, 1.165) is 0 Å². The van der Waals surface area contributed by atoms with Crippen LogP contribution in [-0.4, -0.2) is 41.9 Å². The summed E-state index contributed by atoms with van der Waals surface area (Å²) in [5.41, 5.74) is 0. The van der Waals surface area contributed by atoms with E-state index in [9.17, 15) is 9.59 Å². The van der Waals surface area contributed by atoms with Crippen LogP contribution in [0.15, 0.2) is 0 Å². The van der Waals surface area contributed by atoms with Gasteiger partial charge in [0, 0.05) is 14.1 Å². The highest BCUT2D eigenvalue weighted by atomic mass is 16.3. The van der Waals surface area contributed by atoms with E-state index in [0.29, 0.717) is 0 Å². The number of nitrogens with zero attached hydrogens (tertiary/aromatic N) is 1. The lowest BCUT2D eigenvalue weighted by Gasteiger charge is -2.12. The van der Waals surface area contributed by atoms with Gasteiger partial charge in [-0.2, -0.15) is 0 Å². The maximum absolute atomic E-state index is 10.7. The maximum Gasteiger partial charge on any atom is 0.258 e. The summed E-state index contributed by atoms with van der Waals surface area (Å²) >= 11 is 0. The van der Waals surface area contributed by atoms with Crippen molar-refractivity contribution in [3.05, 3.63) is 0 Å². The number of carbonyl (C=O) groups excluding carboxylic acids is 2. The number of rotatable bonds is 2. The number of hydrogen-bond acceptors (Lipinski definition) is 3. The average molecular weight is 145 g/mol. The van der Waals surface area contributed by atoms with E-state index in [2.05, 4.69) is 0 Å². The quantitative estimate of drug-likeness (QED) is 0.508. The van der Waals surface area contributed by atoms with Gasteiger partial charge >= 0.3 is 0 Å². The minimum Gasteiger partial charge on any atom is -0.376 e. The van der Waals surface area contributed by atoms with Crippen LogP contribution in [0.3, 0.4) is 0 Å². The standard InChI is InChI=1S/C6H11NO3/c1-4(8)5(9)6(10)7(2)3/h5,9H,1-3H3. The molecule has 0 aromatic carbocycles. The van der Waals surface area contributed by atoms with Gasteiger partial charge in [-0.25, -0.2) is 0 Å². The van der Waals surface area contributed by atoms with Gasteiger partial charge in [0.05, 0.1) is 0 Å². The molecule has 4 nitrogen and oxygen atoms in total. The first-order valence-electron chi connectivity index (χ1n) is 2.86. The van der Waals surface area contributed by atoms with Crippen molar-refractivity contribution in [2.45, 2.75) is 13.0 Å². The van der Waals surface area contributed by atoms with Gasteiger partial charge in [-0.1, -0.05) is 0 Å². The molecule has 0 saturated heterocycles. The van der Waals surface area contributed by atoms with E-state index in [1.165, 1.54) is 25.9 Å². The van der Waals surface area contributed by atoms with Crippen molar-refractivity contribution in [3.8, 4) is 0 Å². The Morgan fingerprint density at radius 1 is 1.40 bits per heavy atom. The number of likely N-dealkylation sites (N-methyl/N-ethyl adjacent to an activating group) is 1. The molecule has 1 amide bonds. The Morgan fingerprint density at radius 2 is 1.80 bits per heavy atom. The predicted octanol–water partition coefficient (Wildman–Crippen LogP) is -0.976. The zero-order chi connectivity index (χ0) is 8.31. The van der Waals surface area contributed by atoms with Crippen LogP contribution in [0.25, 0.3) is 0 Å². The van der Waals surface area contributed by atoms with Crippen LogP contribution in [0.2, 0.25) is 0 Å². The van der Waals surface area contributed by atoms with Crippen molar-refractivity contribution in [2.24, 2.45) is 0 Å². The zero-order valence-corrected chi connectivity index (χ0v) is 6.29. The highest BCUT2D eigenvalue weighted by Gasteiger charge is 2.20. The van der Waals surface area contributed by atoms with Crippen molar-refractivity contribution < 1.29 is 14.7 Å². The van der Waals surface area contributed by atoms with Crippen LogP contribution in [-0.2, 0) is 9.59 Å². The largest absolute Gasteiger partial charge is 0.376 e. The molecular formula is C6H11NO3. The molecule has 0 fully saturated rings. The molecule has 0 aromatic rings. The highest BCUT2D eigenvalue weighted by Crippen LogP contribution is 1.89. The molecule has 0 saturated carbocycles. The van der Waals surface area contributed by atoms with Crippen LogP contribution in [0.4, 0.5) is 0 Å². The second kappa shape index (κ2) is 3.31. The molecule has 0 aliphatic heterocycles. The van der Waals surface area contributed by atoms with Gasteiger partial charge in [-0.05, 0) is 6.92 Å². The van der Waals surface area contributed by atoms with E-state index in [1.54, 1.807) is 0 Å². The molecule has 0 bridgehead atoms. The molecule has 4 heteroatoms. The molecule has 58 valence electrons. The minimum absolute atomic E-state index is 0.529. The lowest BCUT2D eigenvalue weighted by molar-refractivity contribution is -0.144. The lowest BCUT2D eigenvalue weighted by atomic mass is 10.2. The fourth-order valence-corrected chi connectivity index (χ4v) is 0.418. The number of amides is 1. The minimum atomic E-state index is -1.49. The molecule has 1 unspecified atom stereocenters. The Hall–Kier alpha value is -0.900. The summed E-state index contributed by atoms with van der Waals surface area (Å²) in [6, 6.07) is 0. The topological polar surface area (TPSA) is 57.6 Å². The van der Waals surface area contributed by atoms with Crippen molar-refractivity contribution in [1.82, 2.24) is 4.90 Å². The molecule has 0 rings (SSSR count). The first-order chi connectivity index (χ1) is 4.46. The van der Waals surface area contributed by atoms with Crippen LogP contribution in [0.5, 0.6) is 0 Å². The van der Waals surface area contributed by atoms with Crippen LogP contribution >= 0.6 is 0 Å². The molecule has 0 aliphatic carbocycles. The molecular weight excluding hydrogens is 134 g/mol. The number of hydrogen-bond donors (Lipinski definition) is 1. The monoisotopic (exact) mass is 145 g/mol. The summed E-state index contributed by atoms with van der Waals surface area (Å²) in [6.07, 6.45) is -1.49. The first kappa shape index (κ1) is 9.10. The van der Waals surface area contributed by atoms with Crippen molar-refractivity contribution >= 4 is 11.7 Å². The third kappa shape index (κ3) is 2.14. The lowest BCUT2D eigenvalue weighted by Crippen LogP contribution is -2.37. The average Bonchev–Trinajstić information content (AvgIpc) is 1.84. The van der Waals surface area contributed by atoms with Crippen LogP contribution < -0.4 is 0 Å². The summed E-state index contributed by atoms with van der Waals surface area (Å²) in [5.74, 6) is -1.11. The zero-order valence-electron chi connectivity index (χ0n) is 6.29. The summed E-state index contributed by atoms with van der Waals surface area (Å²) in [6.45, 7) is 1.17. The third-order valence-corrected chi connectivity index (χ3v) is 1.06. The number of Topliss-reactive ketones (excluding diaryl/α,β-unsaturated/α-hetero) is 1. The van der Waals surface area contributed by atoms with Crippen molar-refractivity contribution in [2.75, 3.05) is 14.1 Å². The van der Waals surface area contributed by atoms with Crippen LogP contribution in [0, 0.1) is 0 Å². The second-order valence-corrected chi connectivity index (χ2v) is 2.25. The van der Waals surface area contributed by atoms with Gasteiger partial charge in [-0.15, -0.1) is 0 Å². The predicted molar refractivity (Wildman–Crippen MR) is 35.4 cm³/mol. The second-order valence-electron chi connectivity index (χ2n) is 2.25. The molecule has 0 heterocycles. The Balaban J connectivity index is 4.08. The summed E-state index contributed by atoms with van der Waals surface area (Å²) in [5, 5.41) is 8.82. The van der Waals surface area contributed by atoms with E-state index < -0.39 is 17.8 Å². The van der Waals surface area contributed by atoms with Crippen LogP contribution in [0.1, 0.15) is 6.92 Å². The smallest absolute Gasteiger partial charge is 0.258 e. The fourth-order valence-electron chi connectivity index (χ4n) is 0.418. The summed E-state index contributed by atoms with van der Waals surface area (Å²) in [7, 11) is 2.96. The number of aliphatic hydroxyl groups excluding tert-OH is 1. The normalized spacial score (nSPS) is 12.4. The van der Waals surface area contributed by atoms with E-state index >= 15 is 0 Å². The van der Waals surface area contributed by atoms with E-state index in [4.69, 9.17) is 5.11 Å². The molecule has 1 atom stereocenters. The Kier molecular flexibility index (Phi) is 3.02. The molecule has 10 heavy (non-hydrogen) atoms. The number of ketones is 1. The summed E-state index contributed by atoms with van der Waals surface area (Å²) in [4.78, 5) is 22.3. The highest BCUT2D eigenvalue weighted by molar-refractivity contribution is 6.02. The van der Waals surface area contributed by atoms with Gasteiger partial charge in [-0.3, -0.25) is 9.59 Å². The fraction of sp³-hybridized carbons (Fsp3) is 0.667. The Bertz CT molecular complexity index is 153. The number of aliphatic hydroxyl groups is 1. The van der Waals surface area contributed by atoms with Crippen molar-refractivity contribution in [1.29, 1.82) is 0 Å². The van der Waals surface area contributed by atoms with Crippen molar-refractivity contribution in [3.63, 3.8) is 0 Å². The SMILES string of the molecule is CC(=O)C(O)C(=O)N(C)C. The Morgan fingerprint density at radius 3 is 1.90 bits per heavy atom. The molecule has 0 aliphatic rings. The van der Waals surface area contributed by atoms with Gasteiger partial charge in [0.2, 0.25) is 0 Å². The molecule has 1 N–H and O–H groups in total. The first-order valence-corrected chi connectivity index (χ1v) is 2.86. The van der Waals surface area contributed by atoms with Gasteiger partial charge in [0.1, 0.15) is 0 Å². The number of carbonyl (C=O) groups is 2. The summed E-state index contributed by atoms with van der Waals surface area (Å²) < 4.78 is 0. The Labute approximate surface area is 59.4 Å². The van der Waals surface area contributed by atoms with Gasteiger partial charge in [0.25, 0.3) is 5.91 Å². The molecule has 0 radical (unpaired) electrons. The van der Waals surface area contributed by atoms with E-state index in [1.807, 2.05) is 0 Å². The third-order valence-electron chi connectivity index (χ3n) is 1.06. The van der Waals surface area contributed by atoms with Gasteiger partial charge in [0.15, 0.2) is 11.9 Å². The van der Waals surface area contributed by atoms with Gasteiger partial charge < -0.3 is 10.0 Å². The van der Waals surface area contributed by atoms with E-state index in [-0.39, 0.29) is 0 Å². The molecule has 0 aromatic heterocycles. The maximum atomic E-state index is 10.7.